The summed E-state index contributed by atoms with van der Waals surface area (Å²) in [5, 5.41) is 8.32. The second-order valence-corrected chi connectivity index (χ2v) is 9.91. The van der Waals surface area contributed by atoms with Gasteiger partial charge in [0.25, 0.3) is 0 Å². The second kappa shape index (κ2) is 9.97. The number of nitrogens with zero attached hydrogens (tertiary/aromatic N) is 2. The Morgan fingerprint density at radius 2 is 2.00 bits per heavy atom. The van der Waals surface area contributed by atoms with E-state index < -0.39 is 11.7 Å². The van der Waals surface area contributed by atoms with Gasteiger partial charge in [0.05, 0.1) is 5.52 Å². The van der Waals surface area contributed by atoms with Crippen molar-refractivity contribution in [1.82, 2.24) is 15.1 Å². The van der Waals surface area contributed by atoms with Crippen LogP contribution in [0.2, 0.25) is 0 Å². The molecule has 4 rings (SSSR count). The number of amides is 1. The molecule has 0 aliphatic carbocycles. The van der Waals surface area contributed by atoms with E-state index in [1.54, 1.807) is 0 Å². The Kier molecular flexibility index (Phi) is 7.03. The molecule has 1 aliphatic heterocycles. The molecule has 1 N–H and O–H groups in total. The van der Waals surface area contributed by atoms with Gasteiger partial charge in [-0.05, 0) is 68.7 Å². The smallest absolute Gasteiger partial charge is 0.407 e. The van der Waals surface area contributed by atoms with Gasteiger partial charge in [-0.25, -0.2) is 9.48 Å². The maximum absolute atomic E-state index is 12.1. The lowest BCUT2D eigenvalue weighted by molar-refractivity contribution is -0.0390. The van der Waals surface area contributed by atoms with Gasteiger partial charge in [0.1, 0.15) is 11.8 Å². The Morgan fingerprint density at radius 3 is 2.65 bits per heavy atom. The number of benzene rings is 2. The largest absolute Gasteiger partial charge is 0.444 e. The van der Waals surface area contributed by atoms with Gasteiger partial charge in [-0.2, -0.15) is 5.10 Å². The lowest BCUT2D eigenvalue weighted by Gasteiger charge is -2.22. The monoisotopic (exact) mass is 463 g/mol. The summed E-state index contributed by atoms with van der Waals surface area (Å²) in [5.74, 6) is 0.114. The molecule has 34 heavy (non-hydrogen) atoms. The van der Waals surface area contributed by atoms with Gasteiger partial charge < -0.3 is 14.8 Å². The van der Waals surface area contributed by atoms with Gasteiger partial charge in [0, 0.05) is 30.3 Å². The lowest BCUT2D eigenvalue weighted by Crippen LogP contribution is -2.34. The molecular formula is C27H33N3O4. The molecule has 0 saturated carbocycles. The minimum absolute atomic E-state index is 0.0702. The van der Waals surface area contributed by atoms with Crippen molar-refractivity contribution in [3.8, 4) is 11.1 Å². The van der Waals surface area contributed by atoms with Gasteiger partial charge in [-0.1, -0.05) is 37.3 Å². The number of aromatic nitrogens is 2. The van der Waals surface area contributed by atoms with Crippen LogP contribution in [0.3, 0.4) is 0 Å². The zero-order valence-electron chi connectivity index (χ0n) is 20.3. The first-order valence-electron chi connectivity index (χ1n) is 11.9. The molecule has 3 aromatic rings. The molecule has 2 aromatic carbocycles. The third-order valence-corrected chi connectivity index (χ3v) is 6.06. The van der Waals surface area contributed by atoms with Crippen molar-refractivity contribution < 1.29 is 19.1 Å². The molecule has 2 unspecified atom stereocenters. The van der Waals surface area contributed by atoms with Crippen molar-refractivity contribution in [3.63, 3.8) is 0 Å². The third-order valence-electron chi connectivity index (χ3n) is 6.06. The summed E-state index contributed by atoms with van der Waals surface area (Å²) in [6, 6.07) is 12.0. The highest BCUT2D eigenvalue weighted by atomic mass is 16.6. The molecule has 7 heteroatoms. The number of aldehydes is 1. The van der Waals surface area contributed by atoms with Crippen LogP contribution in [0.15, 0.2) is 42.6 Å². The third kappa shape index (κ3) is 5.47. The fourth-order valence-corrected chi connectivity index (χ4v) is 4.25. The van der Waals surface area contributed by atoms with E-state index in [1.165, 1.54) is 0 Å². The van der Waals surface area contributed by atoms with E-state index >= 15 is 0 Å². The summed E-state index contributed by atoms with van der Waals surface area (Å²) in [7, 11) is 0. The molecule has 0 spiro atoms. The van der Waals surface area contributed by atoms with Crippen LogP contribution in [-0.4, -0.2) is 40.9 Å². The molecule has 1 amide bonds. The number of nitrogens with one attached hydrogen (secondary N) is 1. The summed E-state index contributed by atoms with van der Waals surface area (Å²) < 4.78 is 13.0. The average molecular weight is 464 g/mol. The minimum atomic E-state index is -0.522. The highest BCUT2D eigenvalue weighted by molar-refractivity contribution is 6.03. The van der Waals surface area contributed by atoms with Gasteiger partial charge in [-0.15, -0.1) is 0 Å². The topological polar surface area (TPSA) is 82.4 Å². The van der Waals surface area contributed by atoms with Crippen molar-refractivity contribution >= 4 is 23.3 Å². The maximum Gasteiger partial charge on any atom is 0.407 e. The quantitative estimate of drug-likeness (QED) is 0.464. The summed E-state index contributed by atoms with van der Waals surface area (Å²) in [5.41, 5.74) is 3.83. The van der Waals surface area contributed by atoms with E-state index in [-0.39, 0.29) is 12.1 Å². The number of hydrogen-bond acceptors (Lipinski definition) is 5. The van der Waals surface area contributed by atoms with E-state index in [1.807, 2.05) is 68.0 Å². The van der Waals surface area contributed by atoms with Crippen LogP contribution in [0.5, 0.6) is 0 Å². The zero-order valence-corrected chi connectivity index (χ0v) is 20.3. The van der Waals surface area contributed by atoms with E-state index in [0.717, 1.165) is 59.7 Å². The number of carbonyl (C=O) groups excluding carboxylic acids is 2. The second-order valence-electron chi connectivity index (χ2n) is 9.91. The molecule has 2 atom stereocenters. The first-order chi connectivity index (χ1) is 16.2. The number of ether oxygens (including phenoxy) is 2. The number of rotatable bonds is 6. The van der Waals surface area contributed by atoms with Crippen LogP contribution >= 0.6 is 0 Å². The summed E-state index contributed by atoms with van der Waals surface area (Å²) in [4.78, 5) is 24.0. The molecular weight excluding hydrogens is 430 g/mol. The molecule has 1 aliphatic rings. The molecule has 1 fully saturated rings. The van der Waals surface area contributed by atoms with Crippen molar-refractivity contribution in [2.75, 3.05) is 13.2 Å². The van der Waals surface area contributed by atoms with Crippen molar-refractivity contribution in [2.45, 2.75) is 64.7 Å². The van der Waals surface area contributed by atoms with Crippen molar-refractivity contribution in [1.29, 1.82) is 0 Å². The van der Waals surface area contributed by atoms with Gasteiger partial charge in [0.15, 0.2) is 6.29 Å². The molecule has 1 saturated heterocycles. The van der Waals surface area contributed by atoms with Crippen LogP contribution in [-0.2, 0) is 9.47 Å². The van der Waals surface area contributed by atoms with Gasteiger partial charge >= 0.3 is 6.09 Å². The Bertz CT molecular complexity index is 1160. The molecule has 0 bridgehead atoms. The first-order valence-corrected chi connectivity index (χ1v) is 11.9. The lowest BCUT2D eigenvalue weighted by atomic mass is 9.94. The van der Waals surface area contributed by atoms with Crippen molar-refractivity contribution in [2.24, 2.45) is 0 Å². The summed E-state index contributed by atoms with van der Waals surface area (Å²) in [6.45, 7) is 8.79. The number of alkyl carbamates (subject to hydrolysis) is 1. The number of fused-ring (bicyclic) bond motifs is 1. The molecule has 180 valence electrons. The van der Waals surface area contributed by atoms with Crippen LogP contribution in [0.25, 0.3) is 22.0 Å². The SMILES string of the molecule is CC(CNC(=O)OC(C)(C)C)c1ccc(-c2ccc3nn(C4CCCCO4)cc3c2C=O)cc1. The van der Waals surface area contributed by atoms with Gasteiger partial charge in [-0.3, -0.25) is 4.79 Å². The number of carbonyl (C=O) groups is 2. The van der Waals surface area contributed by atoms with E-state index in [2.05, 4.69) is 17.3 Å². The fourth-order valence-electron chi connectivity index (χ4n) is 4.25. The molecule has 0 radical (unpaired) electrons. The van der Waals surface area contributed by atoms with Crippen LogP contribution in [0.4, 0.5) is 4.79 Å². The van der Waals surface area contributed by atoms with E-state index in [0.29, 0.717) is 12.1 Å². The highest BCUT2D eigenvalue weighted by Crippen LogP contribution is 2.32. The minimum Gasteiger partial charge on any atom is -0.444 e. The Labute approximate surface area is 200 Å². The maximum atomic E-state index is 12.1. The predicted octanol–water partition coefficient (Wildman–Crippen LogP) is 5.84. The summed E-state index contributed by atoms with van der Waals surface area (Å²) >= 11 is 0. The average Bonchev–Trinajstić information content (AvgIpc) is 3.26. The van der Waals surface area contributed by atoms with Gasteiger partial charge in [0.2, 0.25) is 0 Å². The Morgan fingerprint density at radius 1 is 1.24 bits per heavy atom. The van der Waals surface area contributed by atoms with E-state index in [4.69, 9.17) is 9.47 Å². The van der Waals surface area contributed by atoms with Crippen LogP contribution in [0.1, 0.15) is 75.0 Å². The number of hydrogen-bond donors (Lipinski definition) is 1. The Hall–Kier alpha value is -3.19. The molecule has 7 nitrogen and oxygen atoms in total. The standard InChI is InChI=1S/C27H33N3O4/c1-18(15-28-26(32)34-27(2,3)4)19-8-10-20(11-9-19)21-12-13-24-22(23(21)17-31)16-30(29-24)25-7-5-6-14-33-25/h8-13,16-18,25H,5-7,14-15H2,1-4H3,(H,28,32). The van der Waals surface area contributed by atoms with Crippen LogP contribution in [0, 0.1) is 0 Å². The normalized spacial score (nSPS) is 17.4. The fraction of sp³-hybridized carbons (Fsp3) is 0.444. The van der Waals surface area contributed by atoms with Crippen LogP contribution < -0.4 is 5.32 Å². The predicted molar refractivity (Wildman–Crippen MR) is 132 cm³/mol. The molecule has 1 aromatic heterocycles. The van der Waals surface area contributed by atoms with Crippen molar-refractivity contribution in [3.05, 3.63) is 53.7 Å². The first kappa shape index (κ1) is 24.0. The molecule has 2 heterocycles. The zero-order chi connectivity index (χ0) is 24.3. The van der Waals surface area contributed by atoms with E-state index in [9.17, 15) is 9.59 Å². The summed E-state index contributed by atoms with van der Waals surface area (Å²) in [6.07, 6.45) is 5.47. The Balaban J connectivity index is 1.51. The highest BCUT2D eigenvalue weighted by Gasteiger charge is 2.20.